The lowest BCUT2D eigenvalue weighted by Crippen LogP contribution is -2.40. The summed E-state index contributed by atoms with van der Waals surface area (Å²) in [5.41, 5.74) is 3.75. The molecule has 1 aliphatic heterocycles. The fourth-order valence-corrected chi connectivity index (χ4v) is 6.28. The van der Waals surface area contributed by atoms with E-state index in [0.717, 1.165) is 16.7 Å². The molecule has 1 atom stereocenters. The van der Waals surface area contributed by atoms with Crippen LogP contribution in [0.4, 0.5) is 0 Å². The molecule has 0 N–H and O–H groups in total. The molecule has 0 aliphatic carbocycles. The number of aryl methyl sites for hydroxylation is 1. The molecule has 1 aliphatic rings. The van der Waals surface area contributed by atoms with E-state index in [1.54, 1.807) is 24.7 Å². The molecular formula is C34H27ClN2O5S. The third kappa shape index (κ3) is 5.47. The first-order valence-corrected chi connectivity index (χ1v) is 14.9. The first-order valence-electron chi connectivity index (χ1n) is 13.7. The van der Waals surface area contributed by atoms with Gasteiger partial charge in [-0.1, -0.05) is 71.5 Å². The Morgan fingerprint density at radius 1 is 1.07 bits per heavy atom. The number of halogens is 1. The van der Waals surface area contributed by atoms with Crippen LogP contribution in [-0.4, -0.2) is 24.3 Å². The molecule has 0 bridgehead atoms. The molecule has 3 heterocycles. The van der Waals surface area contributed by atoms with Crippen molar-refractivity contribution in [1.29, 1.82) is 0 Å². The lowest BCUT2D eigenvalue weighted by Gasteiger charge is -2.26. The fourth-order valence-electron chi connectivity index (χ4n) is 5.13. The first kappa shape index (κ1) is 28.5. The lowest BCUT2D eigenvalue weighted by atomic mass is 9.93. The van der Waals surface area contributed by atoms with Crippen molar-refractivity contribution in [2.75, 3.05) is 13.7 Å². The molecule has 2 aromatic heterocycles. The van der Waals surface area contributed by atoms with Crippen molar-refractivity contribution in [2.45, 2.75) is 19.9 Å². The standard InChI is InChI=1S/C34H27ClN2O5S/c1-4-41-33(39)29-30(21-9-6-5-7-10-21)36-34-37(31(29)22-11-8-12-24(17-22)40-3)32(38)28(43-34)19-25-15-16-27(42-25)26-18-23(35)14-13-20(26)2/h5-19,31H,4H2,1-3H3/b28-19-/t31-/m0/s1. The Bertz CT molecular complexity index is 2060. The van der Waals surface area contributed by atoms with E-state index in [9.17, 15) is 9.59 Å². The maximum atomic E-state index is 14.1. The van der Waals surface area contributed by atoms with Gasteiger partial charge in [0.1, 0.15) is 17.3 Å². The minimum absolute atomic E-state index is 0.173. The summed E-state index contributed by atoms with van der Waals surface area (Å²) in [5.74, 6) is 1.20. The van der Waals surface area contributed by atoms with Gasteiger partial charge in [-0.15, -0.1) is 0 Å². The number of aromatic nitrogens is 1. The highest BCUT2D eigenvalue weighted by molar-refractivity contribution is 7.07. The van der Waals surface area contributed by atoms with E-state index >= 15 is 0 Å². The Labute approximate surface area is 256 Å². The Balaban J connectivity index is 1.57. The summed E-state index contributed by atoms with van der Waals surface area (Å²) in [6.07, 6.45) is 1.70. The number of carbonyl (C=O) groups excluding carboxylic acids is 1. The summed E-state index contributed by atoms with van der Waals surface area (Å²) >= 11 is 7.46. The number of rotatable bonds is 7. The molecule has 0 fully saturated rings. The summed E-state index contributed by atoms with van der Waals surface area (Å²) in [5, 5.41) is 0.607. The number of hydrogen-bond acceptors (Lipinski definition) is 7. The molecule has 7 nitrogen and oxygen atoms in total. The molecule has 43 heavy (non-hydrogen) atoms. The highest BCUT2D eigenvalue weighted by Gasteiger charge is 2.35. The van der Waals surface area contributed by atoms with E-state index < -0.39 is 12.0 Å². The van der Waals surface area contributed by atoms with E-state index in [0.29, 0.717) is 42.9 Å². The largest absolute Gasteiger partial charge is 0.497 e. The number of hydrogen-bond donors (Lipinski definition) is 0. The van der Waals surface area contributed by atoms with Gasteiger partial charge in [0, 0.05) is 22.2 Å². The number of thiazole rings is 1. The predicted octanol–water partition coefficient (Wildman–Crippen LogP) is 6.17. The summed E-state index contributed by atoms with van der Waals surface area (Å²) in [6, 6.07) is 25.2. The second-order valence-electron chi connectivity index (χ2n) is 9.87. The Morgan fingerprint density at radius 2 is 1.88 bits per heavy atom. The van der Waals surface area contributed by atoms with Crippen molar-refractivity contribution in [3.63, 3.8) is 0 Å². The van der Waals surface area contributed by atoms with Gasteiger partial charge < -0.3 is 13.9 Å². The van der Waals surface area contributed by atoms with E-state index in [4.69, 9.17) is 30.5 Å². The molecule has 0 spiro atoms. The Morgan fingerprint density at radius 3 is 2.65 bits per heavy atom. The predicted molar refractivity (Wildman–Crippen MR) is 168 cm³/mol. The third-order valence-electron chi connectivity index (χ3n) is 7.15. The van der Waals surface area contributed by atoms with Crippen LogP contribution in [0.2, 0.25) is 5.02 Å². The minimum atomic E-state index is -0.802. The van der Waals surface area contributed by atoms with Gasteiger partial charge in [0.25, 0.3) is 5.56 Å². The molecule has 0 amide bonds. The molecule has 216 valence electrons. The van der Waals surface area contributed by atoms with E-state index in [2.05, 4.69) is 0 Å². The maximum Gasteiger partial charge on any atom is 0.338 e. The Kier molecular flexibility index (Phi) is 7.88. The van der Waals surface area contributed by atoms with Crippen LogP contribution in [0, 0.1) is 6.92 Å². The number of furan rings is 1. The number of benzene rings is 3. The monoisotopic (exact) mass is 610 g/mol. The van der Waals surface area contributed by atoms with Crippen molar-refractivity contribution in [3.8, 4) is 17.1 Å². The van der Waals surface area contributed by atoms with E-state index in [-0.39, 0.29) is 17.7 Å². The zero-order valence-corrected chi connectivity index (χ0v) is 25.2. The van der Waals surface area contributed by atoms with Crippen molar-refractivity contribution < 1.29 is 18.7 Å². The Hall–Kier alpha value is -4.66. The van der Waals surface area contributed by atoms with Crippen molar-refractivity contribution in [1.82, 2.24) is 4.57 Å². The average Bonchev–Trinajstić information content (AvgIpc) is 3.62. The van der Waals surface area contributed by atoms with Crippen LogP contribution in [0.25, 0.3) is 23.1 Å². The van der Waals surface area contributed by atoms with Gasteiger partial charge >= 0.3 is 5.97 Å². The van der Waals surface area contributed by atoms with Crippen LogP contribution < -0.4 is 19.6 Å². The zero-order valence-electron chi connectivity index (χ0n) is 23.7. The second-order valence-corrected chi connectivity index (χ2v) is 11.3. The zero-order chi connectivity index (χ0) is 30.1. The molecule has 0 radical (unpaired) electrons. The summed E-state index contributed by atoms with van der Waals surface area (Å²) < 4.78 is 19.1. The molecule has 5 aromatic rings. The van der Waals surface area contributed by atoms with E-state index in [1.165, 1.54) is 11.3 Å². The molecule has 3 aromatic carbocycles. The number of ether oxygens (including phenoxy) is 2. The smallest absolute Gasteiger partial charge is 0.338 e. The van der Waals surface area contributed by atoms with Gasteiger partial charge in [0.15, 0.2) is 4.80 Å². The average molecular weight is 611 g/mol. The number of carbonyl (C=O) groups is 1. The second kappa shape index (κ2) is 11.9. The summed E-state index contributed by atoms with van der Waals surface area (Å²) in [6.45, 7) is 3.90. The van der Waals surface area contributed by atoms with Crippen molar-refractivity contribution in [3.05, 3.63) is 138 Å². The highest BCUT2D eigenvalue weighted by atomic mass is 35.5. The molecule has 9 heteroatoms. The SMILES string of the molecule is CCOC(=O)C1=C(c2ccccc2)N=c2s/c(=C\c3ccc(-c4cc(Cl)ccc4C)o3)c(=O)n2[C@H]1c1cccc(OC)c1. The van der Waals surface area contributed by atoms with Crippen LogP contribution in [0.3, 0.4) is 0 Å². The van der Waals surface area contributed by atoms with Gasteiger partial charge in [-0.3, -0.25) is 9.36 Å². The number of fused-ring (bicyclic) bond motifs is 1. The van der Waals surface area contributed by atoms with Gasteiger partial charge in [-0.05, 0) is 61.4 Å². The third-order valence-corrected chi connectivity index (χ3v) is 8.37. The molecule has 0 saturated carbocycles. The van der Waals surface area contributed by atoms with Crippen molar-refractivity contribution in [2.24, 2.45) is 4.99 Å². The lowest BCUT2D eigenvalue weighted by molar-refractivity contribution is -0.138. The maximum absolute atomic E-state index is 14.1. The van der Waals surface area contributed by atoms with Gasteiger partial charge in [-0.25, -0.2) is 9.79 Å². The number of methoxy groups -OCH3 is 1. The highest BCUT2D eigenvalue weighted by Crippen LogP contribution is 2.36. The molecular weight excluding hydrogens is 584 g/mol. The number of nitrogens with zero attached hydrogens (tertiary/aromatic N) is 2. The van der Waals surface area contributed by atoms with Gasteiger partial charge in [-0.2, -0.15) is 0 Å². The van der Waals surface area contributed by atoms with E-state index in [1.807, 2.05) is 91.9 Å². The van der Waals surface area contributed by atoms with Crippen LogP contribution in [0.5, 0.6) is 5.75 Å². The quantitative estimate of drug-likeness (QED) is 0.206. The summed E-state index contributed by atoms with van der Waals surface area (Å²) in [7, 11) is 1.57. The fraction of sp³-hybridized carbons (Fsp3) is 0.147. The van der Waals surface area contributed by atoms with Gasteiger partial charge in [0.05, 0.1) is 35.6 Å². The first-order chi connectivity index (χ1) is 20.9. The molecule has 0 unspecified atom stereocenters. The van der Waals surface area contributed by atoms with Crippen LogP contribution >= 0.6 is 22.9 Å². The topological polar surface area (TPSA) is 83.0 Å². The normalized spacial score (nSPS) is 14.8. The van der Waals surface area contributed by atoms with Crippen LogP contribution in [0.1, 0.15) is 35.4 Å². The van der Waals surface area contributed by atoms with Crippen LogP contribution in [-0.2, 0) is 9.53 Å². The van der Waals surface area contributed by atoms with Crippen LogP contribution in [0.15, 0.2) is 105 Å². The van der Waals surface area contributed by atoms with Crippen molar-refractivity contribution >= 4 is 40.7 Å². The van der Waals surface area contributed by atoms with Gasteiger partial charge in [0.2, 0.25) is 0 Å². The number of esters is 1. The molecule has 0 saturated heterocycles. The molecule has 6 rings (SSSR count). The summed E-state index contributed by atoms with van der Waals surface area (Å²) in [4.78, 5) is 33.1. The minimum Gasteiger partial charge on any atom is -0.497 e.